The summed E-state index contributed by atoms with van der Waals surface area (Å²) in [6, 6.07) is 5.45. The maximum absolute atomic E-state index is 13.3. The average molecular weight is 443 g/mol. The molecule has 0 N–H and O–H groups in total. The smallest absolute Gasteiger partial charge is 0.266 e. The van der Waals surface area contributed by atoms with Crippen molar-refractivity contribution < 1.29 is 22.4 Å². The Morgan fingerprint density at radius 2 is 2.21 bits per heavy atom. The minimum Gasteiger partial charge on any atom is -0.337 e. The van der Waals surface area contributed by atoms with Crippen LogP contribution in [0.5, 0.6) is 0 Å². The minimum atomic E-state index is -3.12. The molecule has 0 bridgehead atoms. The zero-order valence-corrected chi connectivity index (χ0v) is 17.6. The first-order valence-electron chi connectivity index (χ1n) is 8.71. The third-order valence-corrected chi connectivity index (χ3v) is 7.75. The van der Waals surface area contributed by atoms with Crippen molar-refractivity contribution in [2.45, 2.75) is 19.4 Å². The number of hydrogen-bond donors (Lipinski definition) is 0. The summed E-state index contributed by atoms with van der Waals surface area (Å²) in [5.41, 5.74) is 0.526. The largest absolute Gasteiger partial charge is 0.337 e. The summed E-state index contributed by atoms with van der Waals surface area (Å²) in [6.07, 6.45) is 1.94. The standard InChI is InChI=1S/C18H19FN2O4S3/c1-2-20(14-6-7-28(24,25)11-14)16(22)10-21-17(23)15(27-18(21)26)9-12-4-3-5-13(19)8-12/h3-5,8-9,14H,2,6-7,10-11H2,1H3/b15-9-/t14-/m0/s1. The van der Waals surface area contributed by atoms with E-state index in [4.69, 9.17) is 12.2 Å². The van der Waals surface area contributed by atoms with Crippen LogP contribution in [0.15, 0.2) is 29.2 Å². The van der Waals surface area contributed by atoms with Crippen molar-refractivity contribution in [1.29, 1.82) is 0 Å². The Hall–Kier alpha value is -1.78. The van der Waals surface area contributed by atoms with Gasteiger partial charge in [0.1, 0.15) is 16.7 Å². The fourth-order valence-electron chi connectivity index (χ4n) is 3.27. The molecular weight excluding hydrogens is 423 g/mol. The number of thioether (sulfide) groups is 1. The van der Waals surface area contributed by atoms with Gasteiger partial charge in [-0.1, -0.05) is 36.1 Å². The molecule has 2 aliphatic heterocycles. The van der Waals surface area contributed by atoms with Crippen LogP contribution < -0.4 is 0 Å². The number of amides is 2. The highest BCUT2D eigenvalue weighted by molar-refractivity contribution is 8.26. The van der Waals surface area contributed by atoms with Crippen molar-refractivity contribution in [3.8, 4) is 0 Å². The van der Waals surface area contributed by atoms with E-state index in [9.17, 15) is 22.4 Å². The van der Waals surface area contributed by atoms with E-state index in [0.29, 0.717) is 23.4 Å². The number of rotatable bonds is 5. The molecule has 10 heteroatoms. The van der Waals surface area contributed by atoms with Gasteiger partial charge in [-0.05, 0) is 37.1 Å². The summed E-state index contributed by atoms with van der Waals surface area (Å²) in [4.78, 5) is 28.4. The van der Waals surface area contributed by atoms with Crippen molar-refractivity contribution in [2.75, 3.05) is 24.6 Å². The number of thiocarbonyl (C=S) groups is 1. The molecule has 1 aromatic carbocycles. The summed E-state index contributed by atoms with van der Waals surface area (Å²) >= 11 is 6.29. The van der Waals surface area contributed by atoms with Crippen LogP contribution in [0.25, 0.3) is 6.08 Å². The monoisotopic (exact) mass is 442 g/mol. The SMILES string of the molecule is CCN(C(=O)CN1C(=O)/C(=C/c2cccc(F)c2)SC1=S)[C@H]1CCS(=O)(=O)C1. The third-order valence-electron chi connectivity index (χ3n) is 4.62. The molecule has 1 aromatic rings. The van der Waals surface area contributed by atoms with E-state index in [0.717, 1.165) is 11.8 Å². The lowest BCUT2D eigenvalue weighted by molar-refractivity contribution is -0.136. The lowest BCUT2D eigenvalue weighted by atomic mass is 10.2. The molecule has 2 amide bonds. The topological polar surface area (TPSA) is 74.8 Å². The van der Waals surface area contributed by atoms with E-state index >= 15 is 0 Å². The molecule has 6 nitrogen and oxygen atoms in total. The molecule has 1 atom stereocenters. The molecule has 2 heterocycles. The molecule has 28 heavy (non-hydrogen) atoms. The zero-order chi connectivity index (χ0) is 20.5. The Labute approximate surface area is 172 Å². The summed E-state index contributed by atoms with van der Waals surface area (Å²) < 4.78 is 37.0. The number of sulfone groups is 1. The number of halogens is 1. The van der Waals surface area contributed by atoms with E-state index in [1.165, 1.54) is 28.0 Å². The van der Waals surface area contributed by atoms with Crippen LogP contribution in [0.2, 0.25) is 0 Å². The number of carbonyl (C=O) groups is 2. The van der Waals surface area contributed by atoms with E-state index in [2.05, 4.69) is 0 Å². The van der Waals surface area contributed by atoms with Crippen LogP contribution in [0.1, 0.15) is 18.9 Å². The van der Waals surface area contributed by atoms with E-state index < -0.39 is 21.6 Å². The van der Waals surface area contributed by atoms with Gasteiger partial charge in [0.15, 0.2) is 9.84 Å². The van der Waals surface area contributed by atoms with Crippen LogP contribution in [0.4, 0.5) is 4.39 Å². The minimum absolute atomic E-state index is 0.0511. The maximum atomic E-state index is 13.3. The van der Waals surface area contributed by atoms with Crippen LogP contribution in [0, 0.1) is 5.82 Å². The molecular formula is C18H19FN2O4S3. The van der Waals surface area contributed by atoms with Crippen LogP contribution in [-0.2, 0) is 19.4 Å². The molecule has 0 saturated carbocycles. The molecule has 150 valence electrons. The second kappa shape index (κ2) is 8.30. The molecule has 0 radical (unpaired) electrons. The average Bonchev–Trinajstić information content (AvgIpc) is 3.10. The molecule has 2 aliphatic rings. The van der Waals surface area contributed by atoms with Gasteiger partial charge in [-0.15, -0.1) is 0 Å². The highest BCUT2D eigenvalue weighted by atomic mass is 32.2. The number of hydrogen-bond acceptors (Lipinski definition) is 6. The summed E-state index contributed by atoms with van der Waals surface area (Å²) in [6.45, 7) is 1.89. The maximum Gasteiger partial charge on any atom is 0.266 e. The van der Waals surface area contributed by atoms with Gasteiger partial charge in [-0.2, -0.15) is 0 Å². The molecule has 2 saturated heterocycles. The van der Waals surface area contributed by atoms with Gasteiger partial charge in [0.2, 0.25) is 5.91 Å². The molecule has 0 aromatic heterocycles. The first-order chi connectivity index (χ1) is 13.2. The second-order valence-electron chi connectivity index (χ2n) is 6.56. The van der Waals surface area contributed by atoms with Crippen molar-refractivity contribution in [2.24, 2.45) is 0 Å². The fraction of sp³-hybridized carbons (Fsp3) is 0.389. The van der Waals surface area contributed by atoms with Gasteiger partial charge in [-0.25, -0.2) is 12.8 Å². The summed E-state index contributed by atoms with van der Waals surface area (Å²) in [7, 11) is -3.12. The van der Waals surface area contributed by atoms with E-state index in [-0.39, 0.29) is 34.3 Å². The predicted molar refractivity (Wildman–Crippen MR) is 111 cm³/mol. The Morgan fingerprint density at radius 1 is 1.46 bits per heavy atom. The summed E-state index contributed by atoms with van der Waals surface area (Å²) in [5.74, 6) is -1.15. The fourth-order valence-corrected chi connectivity index (χ4v) is 6.26. The lowest BCUT2D eigenvalue weighted by Gasteiger charge is -2.28. The van der Waals surface area contributed by atoms with Crippen LogP contribution >= 0.6 is 24.0 Å². The van der Waals surface area contributed by atoms with Crippen molar-refractivity contribution >= 4 is 56.0 Å². The molecule has 3 rings (SSSR count). The van der Waals surface area contributed by atoms with E-state index in [1.807, 2.05) is 0 Å². The molecule has 0 spiro atoms. The molecule has 0 aliphatic carbocycles. The van der Waals surface area contributed by atoms with Gasteiger partial charge in [-0.3, -0.25) is 14.5 Å². The first kappa shape index (κ1) is 20.9. The molecule has 2 fully saturated rings. The van der Waals surface area contributed by atoms with Crippen LogP contribution in [-0.4, -0.2) is 65.0 Å². The quantitative estimate of drug-likeness (QED) is 0.513. The third kappa shape index (κ3) is 4.61. The van der Waals surface area contributed by atoms with Crippen molar-refractivity contribution in [3.63, 3.8) is 0 Å². The van der Waals surface area contributed by atoms with Gasteiger partial charge >= 0.3 is 0 Å². The Bertz CT molecular complexity index is 961. The van der Waals surface area contributed by atoms with Crippen molar-refractivity contribution in [3.05, 3.63) is 40.6 Å². The Balaban J connectivity index is 1.72. The van der Waals surface area contributed by atoms with Gasteiger partial charge < -0.3 is 4.90 Å². The van der Waals surface area contributed by atoms with Crippen molar-refractivity contribution in [1.82, 2.24) is 9.80 Å². The summed E-state index contributed by atoms with van der Waals surface area (Å²) in [5, 5.41) is 0. The number of carbonyl (C=O) groups excluding carboxylic acids is 2. The Kier molecular flexibility index (Phi) is 6.21. The van der Waals surface area contributed by atoms with E-state index in [1.54, 1.807) is 19.1 Å². The van der Waals surface area contributed by atoms with Gasteiger partial charge in [0.05, 0.1) is 16.4 Å². The second-order valence-corrected chi connectivity index (χ2v) is 10.5. The van der Waals surface area contributed by atoms with Crippen LogP contribution in [0.3, 0.4) is 0 Å². The predicted octanol–water partition coefficient (Wildman–Crippen LogP) is 2.06. The highest BCUT2D eigenvalue weighted by Gasteiger charge is 2.38. The molecule has 0 unspecified atom stereocenters. The lowest BCUT2D eigenvalue weighted by Crippen LogP contribution is -2.47. The highest BCUT2D eigenvalue weighted by Crippen LogP contribution is 2.32. The number of nitrogens with zero attached hydrogens (tertiary/aromatic N) is 2. The number of benzene rings is 1. The zero-order valence-electron chi connectivity index (χ0n) is 15.1. The first-order valence-corrected chi connectivity index (χ1v) is 11.8. The van der Waals surface area contributed by atoms with Gasteiger partial charge in [0.25, 0.3) is 5.91 Å². The normalized spacial score (nSPS) is 22.9. The van der Waals surface area contributed by atoms with Gasteiger partial charge in [0, 0.05) is 12.6 Å². The Morgan fingerprint density at radius 3 is 2.82 bits per heavy atom. The number of likely N-dealkylation sites (N-methyl/N-ethyl adjacent to an activating group) is 1.